The maximum atomic E-state index is 11.6. The lowest BCUT2D eigenvalue weighted by atomic mass is 9.95. The summed E-state index contributed by atoms with van der Waals surface area (Å²) in [6.07, 6.45) is 1.19. The second kappa shape index (κ2) is 4.12. The fourth-order valence-electron chi connectivity index (χ4n) is 1.90. The molecule has 1 atom stereocenters. The summed E-state index contributed by atoms with van der Waals surface area (Å²) < 4.78 is 0. The Hall–Kier alpha value is -0.530. The Morgan fingerprint density at radius 3 is 2.31 bits per heavy atom. The van der Waals surface area contributed by atoms with E-state index in [0.717, 1.165) is 19.0 Å². The number of hydrogen-bond acceptors (Lipinski definition) is 1. The lowest BCUT2D eigenvalue weighted by Gasteiger charge is -2.19. The fourth-order valence-corrected chi connectivity index (χ4v) is 1.90. The van der Waals surface area contributed by atoms with Gasteiger partial charge in [-0.05, 0) is 18.3 Å². The zero-order valence-corrected chi connectivity index (χ0v) is 9.21. The summed E-state index contributed by atoms with van der Waals surface area (Å²) in [7, 11) is 0. The standard InChI is InChI=1S/C11H21NO/c1-8(2)10-5-6-12(7-10)11(13)9(3)4/h8-10H,5-7H2,1-4H3. The molecule has 0 N–H and O–H groups in total. The molecule has 0 aromatic rings. The van der Waals surface area contributed by atoms with E-state index >= 15 is 0 Å². The van der Waals surface area contributed by atoms with E-state index in [9.17, 15) is 4.79 Å². The number of amides is 1. The average Bonchev–Trinajstić information content (AvgIpc) is 2.50. The lowest BCUT2D eigenvalue weighted by molar-refractivity contribution is -0.133. The zero-order valence-electron chi connectivity index (χ0n) is 9.21. The van der Waals surface area contributed by atoms with Gasteiger partial charge in [0.25, 0.3) is 0 Å². The normalized spacial score (nSPS) is 23.2. The molecule has 13 heavy (non-hydrogen) atoms. The van der Waals surface area contributed by atoms with Gasteiger partial charge in [-0.3, -0.25) is 4.79 Å². The minimum absolute atomic E-state index is 0.158. The van der Waals surface area contributed by atoms with Gasteiger partial charge < -0.3 is 4.90 Å². The van der Waals surface area contributed by atoms with Crippen LogP contribution >= 0.6 is 0 Å². The smallest absolute Gasteiger partial charge is 0.225 e. The van der Waals surface area contributed by atoms with Gasteiger partial charge in [-0.2, -0.15) is 0 Å². The maximum Gasteiger partial charge on any atom is 0.225 e. The summed E-state index contributed by atoms with van der Waals surface area (Å²) in [6.45, 7) is 10.4. The third-order valence-electron chi connectivity index (χ3n) is 2.97. The van der Waals surface area contributed by atoms with Gasteiger partial charge in [0.05, 0.1) is 0 Å². The second-order valence-electron chi connectivity index (χ2n) is 4.73. The van der Waals surface area contributed by atoms with Crippen LogP contribution in [-0.2, 0) is 4.79 Å². The van der Waals surface area contributed by atoms with Crippen LogP contribution < -0.4 is 0 Å². The fraction of sp³-hybridized carbons (Fsp3) is 0.909. The van der Waals surface area contributed by atoms with Crippen LogP contribution in [-0.4, -0.2) is 23.9 Å². The monoisotopic (exact) mass is 183 g/mol. The Morgan fingerprint density at radius 2 is 1.92 bits per heavy atom. The van der Waals surface area contributed by atoms with Crippen molar-refractivity contribution < 1.29 is 4.79 Å². The van der Waals surface area contributed by atoms with E-state index in [4.69, 9.17) is 0 Å². The molecule has 1 fully saturated rings. The van der Waals surface area contributed by atoms with Gasteiger partial charge in [0.15, 0.2) is 0 Å². The van der Waals surface area contributed by atoms with Crippen LogP contribution in [0, 0.1) is 17.8 Å². The van der Waals surface area contributed by atoms with Crippen molar-refractivity contribution in [3.05, 3.63) is 0 Å². The molecule has 0 spiro atoms. The Kier molecular flexibility index (Phi) is 3.34. The van der Waals surface area contributed by atoms with Crippen molar-refractivity contribution in [2.24, 2.45) is 17.8 Å². The zero-order chi connectivity index (χ0) is 10.0. The number of rotatable bonds is 2. The van der Waals surface area contributed by atoms with Gasteiger partial charge in [-0.15, -0.1) is 0 Å². The Bertz CT molecular complexity index is 187. The van der Waals surface area contributed by atoms with Crippen LogP contribution in [0.25, 0.3) is 0 Å². The Labute approximate surface area is 81.3 Å². The summed E-state index contributed by atoms with van der Waals surface area (Å²) in [5, 5.41) is 0. The van der Waals surface area contributed by atoms with E-state index in [2.05, 4.69) is 13.8 Å². The van der Waals surface area contributed by atoms with Gasteiger partial charge >= 0.3 is 0 Å². The summed E-state index contributed by atoms with van der Waals surface area (Å²) >= 11 is 0. The topological polar surface area (TPSA) is 20.3 Å². The number of likely N-dealkylation sites (tertiary alicyclic amines) is 1. The summed E-state index contributed by atoms with van der Waals surface area (Å²) in [4.78, 5) is 13.7. The third-order valence-corrected chi connectivity index (χ3v) is 2.97. The van der Waals surface area contributed by atoms with Crippen molar-refractivity contribution in [1.82, 2.24) is 4.90 Å². The van der Waals surface area contributed by atoms with E-state index in [1.165, 1.54) is 6.42 Å². The van der Waals surface area contributed by atoms with Crippen molar-refractivity contribution in [1.29, 1.82) is 0 Å². The first-order valence-electron chi connectivity index (χ1n) is 5.31. The summed E-state index contributed by atoms with van der Waals surface area (Å²) in [5.74, 6) is 1.92. The van der Waals surface area contributed by atoms with Gasteiger partial charge in [-0.25, -0.2) is 0 Å². The van der Waals surface area contributed by atoms with Gasteiger partial charge in [-0.1, -0.05) is 27.7 Å². The second-order valence-corrected chi connectivity index (χ2v) is 4.73. The molecule has 2 nitrogen and oxygen atoms in total. The van der Waals surface area contributed by atoms with Crippen LogP contribution in [0.15, 0.2) is 0 Å². The number of carbonyl (C=O) groups excluding carboxylic acids is 1. The minimum Gasteiger partial charge on any atom is -0.342 e. The van der Waals surface area contributed by atoms with Crippen molar-refractivity contribution >= 4 is 5.91 Å². The predicted molar refractivity (Wildman–Crippen MR) is 54.4 cm³/mol. The van der Waals surface area contributed by atoms with Crippen LogP contribution in [0.3, 0.4) is 0 Å². The van der Waals surface area contributed by atoms with E-state index < -0.39 is 0 Å². The van der Waals surface area contributed by atoms with Crippen LogP contribution in [0.5, 0.6) is 0 Å². The molecule has 0 radical (unpaired) electrons. The Balaban J connectivity index is 2.45. The molecular formula is C11H21NO. The molecule has 1 aliphatic heterocycles. The maximum absolute atomic E-state index is 11.6. The van der Waals surface area contributed by atoms with Gasteiger partial charge in [0, 0.05) is 19.0 Å². The highest BCUT2D eigenvalue weighted by molar-refractivity contribution is 5.78. The molecule has 1 heterocycles. The number of carbonyl (C=O) groups is 1. The first-order chi connectivity index (χ1) is 6.02. The highest BCUT2D eigenvalue weighted by atomic mass is 16.2. The lowest BCUT2D eigenvalue weighted by Crippen LogP contribution is -2.32. The molecule has 1 rings (SSSR count). The van der Waals surface area contributed by atoms with Crippen LogP contribution in [0.2, 0.25) is 0 Å². The molecule has 0 bridgehead atoms. The number of hydrogen-bond donors (Lipinski definition) is 0. The van der Waals surface area contributed by atoms with E-state index in [-0.39, 0.29) is 5.92 Å². The van der Waals surface area contributed by atoms with Gasteiger partial charge in [0.1, 0.15) is 0 Å². The molecule has 0 aliphatic carbocycles. The molecule has 76 valence electrons. The molecule has 0 aromatic carbocycles. The largest absolute Gasteiger partial charge is 0.342 e. The van der Waals surface area contributed by atoms with Crippen molar-refractivity contribution in [3.63, 3.8) is 0 Å². The van der Waals surface area contributed by atoms with E-state index in [1.807, 2.05) is 18.7 Å². The molecule has 2 heteroatoms. The molecule has 0 saturated carbocycles. The Morgan fingerprint density at radius 1 is 1.31 bits per heavy atom. The molecule has 0 aromatic heterocycles. The SMILES string of the molecule is CC(C)C(=O)N1CCC(C(C)C)C1. The highest BCUT2D eigenvalue weighted by Gasteiger charge is 2.28. The predicted octanol–water partition coefficient (Wildman–Crippen LogP) is 2.15. The molecule has 1 aliphatic rings. The van der Waals surface area contributed by atoms with Crippen LogP contribution in [0.4, 0.5) is 0 Å². The van der Waals surface area contributed by atoms with Crippen molar-refractivity contribution in [2.45, 2.75) is 34.1 Å². The summed E-state index contributed by atoms with van der Waals surface area (Å²) in [5.41, 5.74) is 0. The van der Waals surface area contributed by atoms with Crippen LogP contribution in [0.1, 0.15) is 34.1 Å². The molecular weight excluding hydrogens is 162 g/mol. The molecule has 1 saturated heterocycles. The minimum atomic E-state index is 0.158. The molecule has 1 amide bonds. The summed E-state index contributed by atoms with van der Waals surface area (Å²) in [6, 6.07) is 0. The van der Waals surface area contributed by atoms with Crippen molar-refractivity contribution in [2.75, 3.05) is 13.1 Å². The quantitative estimate of drug-likeness (QED) is 0.642. The van der Waals surface area contributed by atoms with Crippen molar-refractivity contribution in [3.8, 4) is 0 Å². The van der Waals surface area contributed by atoms with E-state index in [1.54, 1.807) is 0 Å². The van der Waals surface area contributed by atoms with Gasteiger partial charge in [0.2, 0.25) is 5.91 Å². The van der Waals surface area contributed by atoms with E-state index in [0.29, 0.717) is 11.8 Å². The molecule has 1 unspecified atom stereocenters. The highest BCUT2D eigenvalue weighted by Crippen LogP contribution is 2.24. The average molecular weight is 183 g/mol. The third kappa shape index (κ3) is 2.45. The first kappa shape index (κ1) is 10.6. The number of nitrogens with zero attached hydrogens (tertiary/aromatic N) is 1. The first-order valence-corrected chi connectivity index (χ1v) is 5.31.